The van der Waals surface area contributed by atoms with Gasteiger partial charge in [-0.05, 0) is 16.8 Å². The monoisotopic (exact) mass is 202 g/mol. The van der Waals surface area contributed by atoms with Crippen LogP contribution in [0.2, 0.25) is 0 Å². The quantitative estimate of drug-likeness (QED) is 0.589. The molecule has 3 N–H and O–H groups in total. The number of hydrazine groups is 1. The van der Waals surface area contributed by atoms with Gasteiger partial charge in [0.25, 0.3) is 0 Å². The molecule has 0 aromatic heterocycles. The SMILES string of the molecule is COc1ccc2ccccc2c1CNN. The molecule has 0 saturated carbocycles. The lowest BCUT2D eigenvalue weighted by Gasteiger charge is -2.11. The molecule has 0 saturated heterocycles. The van der Waals surface area contributed by atoms with Crippen LogP contribution in [0.25, 0.3) is 10.8 Å². The fourth-order valence-electron chi connectivity index (χ4n) is 1.79. The van der Waals surface area contributed by atoms with E-state index in [1.165, 1.54) is 10.8 Å². The first-order valence-electron chi connectivity index (χ1n) is 4.85. The Hall–Kier alpha value is -1.58. The summed E-state index contributed by atoms with van der Waals surface area (Å²) in [6.07, 6.45) is 0. The van der Waals surface area contributed by atoms with Crippen LogP contribution in [0.15, 0.2) is 36.4 Å². The fraction of sp³-hybridized carbons (Fsp3) is 0.167. The Labute approximate surface area is 88.8 Å². The van der Waals surface area contributed by atoms with Gasteiger partial charge in [0, 0.05) is 12.1 Å². The number of hydrogen-bond acceptors (Lipinski definition) is 3. The van der Waals surface area contributed by atoms with E-state index in [4.69, 9.17) is 10.6 Å². The van der Waals surface area contributed by atoms with Crippen molar-refractivity contribution in [2.75, 3.05) is 7.11 Å². The first kappa shape index (κ1) is 9.96. The second kappa shape index (κ2) is 4.29. The molecule has 78 valence electrons. The molecular weight excluding hydrogens is 188 g/mol. The van der Waals surface area contributed by atoms with Crippen molar-refractivity contribution in [1.82, 2.24) is 5.43 Å². The number of benzene rings is 2. The summed E-state index contributed by atoms with van der Waals surface area (Å²) in [6, 6.07) is 12.2. The minimum Gasteiger partial charge on any atom is -0.496 e. The normalized spacial score (nSPS) is 10.5. The molecule has 2 aromatic rings. The number of nitrogens with one attached hydrogen (secondary N) is 1. The first-order chi connectivity index (χ1) is 7.36. The Kier molecular flexibility index (Phi) is 2.85. The fourth-order valence-corrected chi connectivity index (χ4v) is 1.79. The standard InChI is InChI=1S/C12H14N2O/c1-15-12-7-6-9-4-2-3-5-10(9)11(12)8-14-13/h2-7,14H,8,13H2,1H3. The van der Waals surface area contributed by atoms with E-state index >= 15 is 0 Å². The summed E-state index contributed by atoms with van der Waals surface area (Å²) in [5.41, 5.74) is 3.77. The van der Waals surface area contributed by atoms with Crippen LogP contribution in [0.1, 0.15) is 5.56 Å². The molecule has 0 aliphatic rings. The molecule has 3 nitrogen and oxygen atoms in total. The van der Waals surface area contributed by atoms with Gasteiger partial charge in [-0.1, -0.05) is 30.3 Å². The summed E-state index contributed by atoms with van der Waals surface area (Å²) < 4.78 is 5.31. The summed E-state index contributed by atoms with van der Waals surface area (Å²) in [6.45, 7) is 0.602. The van der Waals surface area contributed by atoms with Crippen LogP contribution in [0, 0.1) is 0 Å². The molecule has 0 bridgehead atoms. The molecule has 0 unspecified atom stereocenters. The predicted octanol–water partition coefficient (Wildman–Crippen LogP) is 1.81. The van der Waals surface area contributed by atoms with Crippen LogP contribution in [0.5, 0.6) is 5.75 Å². The molecule has 0 heterocycles. The average Bonchev–Trinajstić information content (AvgIpc) is 2.30. The van der Waals surface area contributed by atoms with Gasteiger partial charge in [-0.15, -0.1) is 0 Å². The van der Waals surface area contributed by atoms with Crippen LogP contribution in [-0.2, 0) is 6.54 Å². The minimum atomic E-state index is 0.602. The van der Waals surface area contributed by atoms with Crippen LogP contribution in [-0.4, -0.2) is 7.11 Å². The highest BCUT2D eigenvalue weighted by atomic mass is 16.5. The van der Waals surface area contributed by atoms with Crippen LogP contribution in [0.3, 0.4) is 0 Å². The van der Waals surface area contributed by atoms with Crippen molar-refractivity contribution in [2.24, 2.45) is 5.84 Å². The van der Waals surface area contributed by atoms with Gasteiger partial charge in [0.2, 0.25) is 0 Å². The number of ether oxygens (including phenoxy) is 1. The Morgan fingerprint density at radius 1 is 1.20 bits per heavy atom. The largest absolute Gasteiger partial charge is 0.496 e. The summed E-state index contributed by atoms with van der Waals surface area (Å²) in [7, 11) is 1.67. The van der Waals surface area contributed by atoms with E-state index in [-0.39, 0.29) is 0 Å². The number of methoxy groups -OCH3 is 1. The van der Waals surface area contributed by atoms with Gasteiger partial charge in [0.1, 0.15) is 5.75 Å². The molecule has 2 rings (SSSR count). The predicted molar refractivity (Wildman–Crippen MR) is 61.5 cm³/mol. The van der Waals surface area contributed by atoms with Crippen LogP contribution in [0.4, 0.5) is 0 Å². The van der Waals surface area contributed by atoms with Gasteiger partial charge in [-0.2, -0.15) is 0 Å². The molecule has 0 fully saturated rings. The molecule has 15 heavy (non-hydrogen) atoms. The maximum absolute atomic E-state index is 5.37. The first-order valence-corrected chi connectivity index (χ1v) is 4.85. The van der Waals surface area contributed by atoms with Crippen molar-refractivity contribution in [3.63, 3.8) is 0 Å². The van der Waals surface area contributed by atoms with Gasteiger partial charge in [0.15, 0.2) is 0 Å². The molecule has 0 atom stereocenters. The summed E-state index contributed by atoms with van der Waals surface area (Å²) >= 11 is 0. The van der Waals surface area contributed by atoms with Gasteiger partial charge < -0.3 is 4.74 Å². The van der Waals surface area contributed by atoms with Crippen molar-refractivity contribution in [3.05, 3.63) is 42.0 Å². The highest BCUT2D eigenvalue weighted by Gasteiger charge is 2.06. The molecule has 0 radical (unpaired) electrons. The maximum atomic E-state index is 5.37. The number of fused-ring (bicyclic) bond motifs is 1. The third-order valence-electron chi connectivity index (χ3n) is 2.50. The lowest BCUT2D eigenvalue weighted by atomic mass is 10.0. The molecule has 0 aliphatic carbocycles. The minimum absolute atomic E-state index is 0.602. The summed E-state index contributed by atoms with van der Waals surface area (Å²) in [5.74, 6) is 6.24. The summed E-state index contributed by atoms with van der Waals surface area (Å²) in [4.78, 5) is 0. The highest BCUT2D eigenvalue weighted by molar-refractivity contribution is 5.87. The second-order valence-electron chi connectivity index (χ2n) is 3.35. The van der Waals surface area contributed by atoms with Crippen molar-refractivity contribution in [3.8, 4) is 5.75 Å². The topological polar surface area (TPSA) is 47.3 Å². The number of rotatable bonds is 3. The van der Waals surface area contributed by atoms with Crippen LogP contribution >= 0.6 is 0 Å². The van der Waals surface area contributed by atoms with Gasteiger partial charge in [0.05, 0.1) is 7.11 Å². The highest BCUT2D eigenvalue weighted by Crippen LogP contribution is 2.27. The van der Waals surface area contributed by atoms with Crippen molar-refractivity contribution < 1.29 is 4.74 Å². The molecule has 0 amide bonds. The zero-order chi connectivity index (χ0) is 10.7. The van der Waals surface area contributed by atoms with E-state index in [1.807, 2.05) is 24.3 Å². The third kappa shape index (κ3) is 1.79. The van der Waals surface area contributed by atoms with Gasteiger partial charge >= 0.3 is 0 Å². The molecule has 0 aliphatic heterocycles. The third-order valence-corrected chi connectivity index (χ3v) is 2.50. The molecule has 3 heteroatoms. The van der Waals surface area contributed by atoms with E-state index in [0.29, 0.717) is 6.54 Å². The maximum Gasteiger partial charge on any atom is 0.124 e. The van der Waals surface area contributed by atoms with Crippen molar-refractivity contribution in [1.29, 1.82) is 0 Å². The van der Waals surface area contributed by atoms with Crippen molar-refractivity contribution >= 4 is 10.8 Å². The lowest BCUT2D eigenvalue weighted by Crippen LogP contribution is -2.21. The second-order valence-corrected chi connectivity index (χ2v) is 3.35. The number of nitrogens with two attached hydrogens (primary N) is 1. The Balaban J connectivity index is 2.67. The Morgan fingerprint density at radius 3 is 2.73 bits per heavy atom. The van der Waals surface area contributed by atoms with E-state index < -0.39 is 0 Å². The smallest absolute Gasteiger partial charge is 0.124 e. The van der Waals surface area contributed by atoms with Crippen LogP contribution < -0.4 is 16.0 Å². The summed E-state index contributed by atoms with van der Waals surface area (Å²) in [5, 5.41) is 2.37. The van der Waals surface area contributed by atoms with E-state index in [9.17, 15) is 0 Å². The average molecular weight is 202 g/mol. The van der Waals surface area contributed by atoms with Gasteiger partial charge in [-0.25, -0.2) is 0 Å². The van der Waals surface area contributed by atoms with Gasteiger partial charge in [-0.3, -0.25) is 11.3 Å². The Bertz CT molecular complexity index is 468. The zero-order valence-corrected chi connectivity index (χ0v) is 8.66. The molecular formula is C12H14N2O. The van der Waals surface area contributed by atoms with E-state index in [0.717, 1.165) is 11.3 Å². The van der Waals surface area contributed by atoms with Crippen molar-refractivity contribution in [2.45, 2.75) is 6.54 Å². The van der Waals surface area contributed by atoms with E-state index in [2.05, 4.69) is 17.6 Å². The molecule has 2 aromatic carbocycles. The molecule has 0 spiro atoms. The lowest BCUT2D eigenvalue weighted by molar-refractivity contribution is 0.409. The zero-order valence-electron chi connectivity index (χ0n) is 8.66. The Morgan fingerprint density at radius 2 is 2.00 bits per heavy atom. The van der Waals surface area contributed by atoms with E-state index in [1.54, 1.807) is 7.11 Å². The number of hydrogen-bond donors (Lipinski definition) is 2.